The van der Waals surface area contributed by atoms with Gasteiger partial charge in [-0.2, -0.15) is 0 Å². The van der Waals surface area contributed by atoms with Crippen LogP contribution in [0.1, 0.15) is 48.7 Å². The smallest absolute Gasteiger partial charge is 0.289 e. The summed E-state index contributed by atoms with van der Waals surface area (Å²) >= 11 is 0. The summed E-state index contributed by atoms with van der Waals surface area (Å²) in [5.74, 6) is 1.45. The molecule has 0 N–H and O–H groups in total. The lowest BCUT2D eigenvalue weighted by molar-refractivity contribution is -0.132. The number of amides is 2. The molecule has 1 aliphatic rings. The summed E-state index contributed by atoms with van der Waals surface area (Å²) in [4.78, 5) is 32.8. The Labute approximate surface area is 153 Å². The fourth-order valence-electron chi connectivity index (χ4n) is 2.88. The van der Waals surface area contributed by atoms with Crippen LogP contribution in [0.15, 0.2) is 27.2 Å². The largest absolute Gasteiger partial charge is 0.459 e. The highest BCUT2D eigenvalue weighted by Gasteiger charge is 2.28. The molecule has 0 spiro atoms. The summed E-state index contributed by atoms with van der Waals surface area (Å²) in [6, 6.07) is 3.35. The third-order valence-electron chi connectivity index (χ3n) is 4.50. The topological polar surface area (TPSA) is 79.8 Å². The maximum Gasteiger partial charge on any atom is 0.289 e. The maximum absolute atomic E-state index is 12.6. The lowest BCUT2D eigenvalue weighted by Gasteiger charge is -2.34. The second kappa shape index (κ2) is 6.97. The number of aryl methyl sites for hydroxylation is 1. The van der Waals surface area contributed by atoms with Gasteiger partial charge in [-0.15, -0.1) is 0 Å². The van der Waals surface area contributed by atoms with Gasteiger partial charge >= 0.3 is 0 Å². The van der Waals surface area contributed by atoms with Crippen molar-refractivity contribution >= 4 is 11.8 Å². The van der Waals surface area contributed by atoms with Gasteiger partial charge in [0.05, 0.1) is 18.4 Å². The zero-order valence-corrected chi connectivity index (χ0v) is 15.7. The Hall–Kier alpha value is -2.57. The van der Waals surface area contributed by atoms with Gasteiger partial charge in [0.15, 0.2) is 11.7 Å². The fourth-order valence-corrected chi connectivity index (χ4v) is 2.88. The minimum absolute atomic E-state index is 0.00481. The van der Waals surface area contributed by atoms with E-state index in [2.05, 4.69) is 4.98 Å². The lowest BCUT2D eigenvalue weighted by Crippen LogP contribution is -2.50. The molecule has 0 atom stereocenters. The molecule has 1 aliphatic heterocycles. The molecule has 1 saturated heterocycles. The molecule has 1 fully saturated rings. The summed E-state index contributed by atoms with van der Waals surface area (Å²) < 4.78 is 11.0. The number of rotatable bonds is 3. The van der Waals surface area contributed by atoms with Crippen molar-refractivity contribution in [2.45, 2.75) is 39.5 Å². The molecule has 7 nitrogen and oxygen atoms in total. The van der Waals surface area contributed by atoms with Gasteiger partial charge in [0, 0.05) is 31.6 Å². The van der Waals surface area contributed by atoms with Gasteiger partial charge in [0.1, 0.15) is 5.76 Å². The standard InChI is InChI=1S/C19H25N3O4/c1-13-15(26-18(20-13)19(2,3)4)12-16(23)21-7-9-22(10-8-21)17(24)14-6-5-11-25-14/h5-6,11H,7-10,12H2,1-4H3. The average Bonchev–Trinajstić information content (AvgIpc) is 3.24. The molecule has 0 aromatic carbocycles. The van der Waals surface area contributed by atoms with Crippen LogP contribution in [0.25, 0.3) is 0 Å². The molecule has 0 bridgehead atoms. The number of carbonyl (C=O) groups excluding carboxylic acids is 2. The molecule has 26 heavy (non-hydrogen) atoms. The maximum atomic E-state index is 12.6. The monoisotopic (exact) mass is 359 g/mol. The summed E-state index contributed by atoms with van der Waals surface area (Å²) in [6.07, 6.45) is 1.68. The molecule has 3 rings (SSSR count). The molecule has 3 heterocycles. The first-order valence-electron chi connectivity index (χ1n) is 8.83. The van der Waals surface area contributed by atoms with Gasteiger partial charge in [-0.3, -0.25) is 9.59 Å². The van der Waals surface area contributed by atoms with Crippen LogP contribution < -0.4 is 0 Å². The first-order chi connectivity index (χ1) is 12.3. The molecule has 2 amide bonds. The van der Waals surface area contributed by atoms with E-state index in [-0.39, 0.29) is 23.7 Å². The van der Waals surface area contributed by atoms with E-state index in [0.717, 1.165) is 5.69 Å². The Balaban J connectivity index is 1.57. The van der Waals surface area contributed by atoms with Crippen molar-refractivity contribution < 1.29 is 18.4 Å². The number of carbonyl (C=O) groups is 2. The van der Waals surface area contributed by atoms with Crippen molar-refractivity contribution in [2.75, 3.05) is 26.2 Å². The number of furan rings is 1. The number of oxazole rings is 1. The van der Waals surface area contributed by atoms with Crippen molar-refractivity contribution in [1.29, 1.82) is 0 Å². The van der Waals surface area contributed by atoms with E-state index in [0.29, 0.717) is 43.6 Å². The SMILES string of the molecule is Cc1nc(C(C)(C)C)oc1CC(=O)N1CCN(C(=O)c2ccco2)CC1. The first kappa shape index (κ1) is 18.2. The van der Waals surface area contributed by atoms with Crippen LogP contribution in [0.5, 0.6) is 0 Å². The van der Waals surface area contributed by atoms with Crippen molar-refractivity contribution in [3.63, 3.8) is 0 Å². The summed E-state index contributed by atoms with van der Waals surface area (Å²) in [6.45, 7) is 9.94. The van der Waals surface area contributed by atoms with Crippen LogP contribution in [-0.4, -0.2) is 52.8 Å². The van der Waals surface area contributed by atoms with Gasteiger partial charge in [-0.25, -0.2) is 4.98 Å². The minimum atomic E-state index is -0.191. The highest BCUT2D eigenvalue weighted by molar-refractivity contribution is 5.91. The van der Waals surface area contributed by atoms with Gasteiger partial charge in [-0.05, 0) is 19.1 Å². The fraction of sp³-hybridized carbons (Fsp3) is 0.526. The van der Waals surface area contributed by atoms with E-state index in [1.165, 1.54) is 6.26 Å². The van der Waals surface area contributed by atoms with Crippen LogP contribution >= 0.6 is 0 Å². The van der Waals surface area contributed by atoms with E-state index in [9.17, 15) is 9.59 Å². The van der Waals surface area contributed by atoms with E-state index >= 15 is 0 Å². The Morgan fingerprint density at radius 3 is 2.35 bits per heavy atom. The average molecular weight is 359 g/mol. The second-order valence-corrected chi connectivity index (χ2v) is 7.60. The van der Waals surface area contributed by atoms with Crippen molar-refractivity contribution in [3.8, 4) is 0 Å². The summed E-state index contributed by atoms with van der Waals surface area (Å²) in [5.41, 5.74) is 0.569. The molecule has 2 aromatic heterocycles. The van der Waals surface area contributed by atoms with E-state index < -0.39 is 0 Å². The number of hydrogen-bond acceptors (Lipinski definition) is 5. The Morgan fingerprint density at radius 1 is 1.15 bits per heavy atom. The Kier molecular flexibility index (Phi) is 4.89. The zero-order valence-electron chi connectivity index (χ0n) is 15.7. The van der Waals surface area contributed by atoms with Gasteiger partial charge in [0.25, 0.3) is 5.91 Å². The molecule has 0 unspecified atom stereocenters. The van der Waals surface area contributed by atoms with Crippen LogP contribution in [0.4, 0.5) is 0 Å². The van der Waals surface area contributed by atoms with Crippen LogP contribution in [0, 0.1) is 6.92 Å². The minimum Gasteiger partial charge on any atom is -0.459 e. The molecule has 0 radical (unpaired) electrons. The van der Waals surface area contributed by atoms with Gasteiger partial charge in [0.2, 0.25) is 5.91 Å². The van der Waals surface area contributed by atoms with E-state index in [1.807, 2.05) is 27.7 Å². The quantitative estimate of drug-likeness (QED) is 0.841. The lowest BCUT2D eigenvalue weighted by atomic mass is 9.97. The molecule has 0 aliphatic carbocycles. The Bertz CT molecular complexity index is 778. The van der Waals surface area contributed by atoms with Crippen molar-refractivity contribution in [2.24, 2.45) is 0 Å². The molecule has 7 heteroatoms. The normalized spacial score (nSPS) is 15.4. The molecular weight excluding hydrogens is 334 g/mol. The third-order valence-corrected chi connectivity index (χ3v) is 4.50. The molecule has 0 saturated carbocycles. The van der Waals surface area contributed by atoms with E-state index in [4.69, 9.17) is 8.83 Å². The van der Waals surface area contributed by atoms with Gasteiger partial charge in [-0.1, -0.05) is 20.8 Å². The Morgan fingerprint density at radius 2 is 1.81 bits per heavy atom. The highest BCUT2D eigenvalue weighted by atomic mass is 16.4. The predicted octanol–water partition coefficient (Wildman–Crippen LogP) is 2.40. The number of aromatic nitrogens is 1. The number of hydrogen-bond donors (Lipinski definition) is 0. The zero-order chi connectivity index (χ0) is 18.9. The summed E-state index contributed by atoms with van der Waals surface area (Å²) in [5, 5.41) is 0. The third kappa shape index (κ3) is 3.81. The second-order valence-electron chi connectivity index (χ2n) is 7.60. The highest BCUT2D eigenvalue weighted by Crippen LogP contribution is 2.24. The van der Waals surface area contributed by atoms with Crippen LogP contribution in [-0.2, 0) is 16.6 Å². The van der Waals surface area contributed by atoms with Crippen LogP contribution in [0.3, 0.4) is 0 Å². The van der Waals surface area contributed by atoms with Crippen LogP contribution in [0.2, 0.25) is 0 Å². The number of piperazine rings is 1. The van der Waals surface area contributed by atoms with E-state index in [1.54, 1.807) is 21.9 Å². The molecule has 2 aromatic rings. The summed E-state index contributed by atoms with van der Waals surface area (Å²) in [7, 11) is 0. The molecular formula is C19H25N3O4. The first-order valence-corrected chi connectivity index (χ1v) is 8.83. The van der Waals surface area contributed by atoms with Gasteiger partial charge < -0.3 is 18.6 Å². The van der Waals surface area contributed by atoms with Crippen molar-refractivity contribution in [1.82, 2.24) is 14.8 Å². The predicted molar refractivity (Wildman–Crippen MR) is 94.8 cm³/mol. The number of nitrogens with zero attached hydrogens (tertiary/aromatic N) is 3. The molecule has 140 valence electrons. The van der Waals surface area contributed by atoms with Crippen molar-refractivity contribution in [3.05, 3.63) is 41.5 Å².